The molecule has 0 spiro atoms. The summed E-state index contributed by atoms with van der Waals surface area (Å²) in [6, 6.07) is 12.3. The molecule has 1 aromatic heterocycles. The van der Waals surface area contributed by atoms with Gasteiger partial charge in [-0.1, -0.05) is 29.5 Å². The number of hydrogen-bond donors (Lipinski definition) is 0. The molecule has 5 nitrogen and oxygen atoms in total. The summed E-state index contributed by atoms with van der Waals surface area (Å²) < 4.78 is 34.6. The lowest BCUT2D eigenvalue weighted by atomic mass is 10.3. The van der Waals surface area contributed by atoms with E-state index in [0.29, 0.717) is 10.3 Å². The monoisotopic (exact) mass is 308 g/mol. The second-order valence-electron chi connectivity index (χ2n) is 3.91. The Morgan fingerprint density at radius 1 is 1.05 bits per heavy atom. The van der Waals surface area contributed by atoms with Gasteiger partial charge in [0.25, 0.3) is 0 Å². The van der Waals surface area contributed by atoms with E-state index in [-0.39, 0.29) is 10.6 Å². The lowest BCUT2D eigenvalue weighted by molar-refractivity contribution is 0.485. The Morgan fingerprint density at radius 2 is 1.80 bits per heavy atom. The summed E-state index contributed by atoms with van der Waals surface area (Å²) in [4.78, 5) is 10.7. The van der Waals surface area contributed by atoms with Gasteiger partial charge in [0.05, 0.1) is 4.70 Å². The molecule has 20 heavy (non-hydrogen) atoms. The van der Waals surface area contributed by atoms with Crippen LogP contribution >= 0.6 is 11.3 Å². The highest BCUT2D eigenvalue weighted by Crippen LogP contribution is 2.25. The first-order valence-electron chi connectivity index (χ1n) is 5.58. The van der Waals surface area contributed by atoms with Crippen LogP contribution < -0.4 is 9.12 Å². The minimum absolute atomic E-state index is 0.0619. The van der Waals surface area contributed by atoms with E-state index in [1.807, 2.05) is 0 Å². The Morgan fingerprint density at radius 3 is 2.55 bits per heavy atom. The number of hydrogen-bond acceptors (Lipinski definition) is 6. The maximum absolute atomic E-state index is 12.0. The zero-order valence-corrected chi connectivity index (χ0v) is 11.6. The molecule has 2 aromatic carbocycles. The lowest BCUT2D eigenvalue weighted by Gasteiger charge is -2.06. The molecule has 7 heteroatoms. The van der Waals surface area contributed by atoms with Crippen molar-refractivity contribution in [2.24, 2.45) is 0 Å². The van der Waals surface area contributed by atoms with Gasteiger partial charge in [-0.3, -0.25) is 0 Å². The molecule has 0 aliphatic rings. The van der Waals surface area contributed by atoms with Crippen molar-refractivity contribution in [1.82, 2.24) is 0 Å². The standard InChI is InChI=1S/C13H8O5S2/c14-13-17-11-8-9(6-7-12(11)19-13)18-20(15,16)10-4-2-1-3-5-10/h1-8H. The first-order valence-corrected chi connectivity index (χ1v) is 7.80. The predicted molar refractivity (Wildman–Crippen MR) is 74.6 cm³/mol. The average molecular weight is 308 g/mol. The van der Waals surface area contributed by atoms with Crippen LogP contribution in [-0.2, 0) is 10.1 Å². The summed E-state index contributed by atoms with van der Waals surface area (Å²) in [5, 5.41) is 0. The normalized spacial score (nSPS) is 11.6. The van der Waals surface area contributed by atoms with Crippen molar-refractivity contribution >= 4 is 31.7 Å². The molecule has 0 fully saturated rings. The second kappa shape index (κ2) is 4.77. The van der Waals surface area contributed by atoms with Crippen molar-refractivity contribution in [2.45, 2.75) is 4.90 Å². The van der Waals surface area contributed by atoms with Gasteiger partial charge in [-0.15, -0.1) is 0 Å². The molecule has 0 saturated heterocycles. The third-order valence-corrected chi connectivity index (χ3v) is 4.61. The van der Waals surface area contributed by atoms with Crippen LogP contribution in [0.4, 0.5) is 0 Å². The van der Waals surface area contributed by atoms with E-state index in [4.69, 9.17) is 8.60 Å². The Kier molecular flexibility index (Phi) is 3.07. The SMILES string of the molecule is O=c1oc2cc(OS(=O)(=O)c3ccccc3)ccc2s1. The highest BCUT2D eigenvalue weighted by molar-refractivity contribution is 7.87. The Hall–Kier alpha value is -2.12. The molecule has 3 rings (SSSR count). The first kappa shape index (κ1) is 12.9. The van der Waals surface area contributed by atoms with Crippen LogP contribution in [0.1, 0.15) is 0 Å². The van der Waals surface area contributed by atoms with Gasteiger partial charge in [0, 0.05) is 6.07 Å². The summed E-state index contributed by atoms with van der Waals surface area (Å²) in [5.41, 5.74) is 0.306. The molecule has 0 amide bonds. The van der Waals surface area contributed by atoms with Crippen LogP contribution in [0.5, 0.6) is 5.75 Å². The molecule has 0 atom stereocenters. The minimum Gasteiger partial charge on any atom is -0.414 e. The van der Waals surface area contributed by atoms with Crippen LogP contribution in [0.2, 0.25) is 0 Å². The first-order chi connectivity index (χ1) is 9.54. The van der Waals surface area contributed by atoms with Gasteiger partial charge in [0.1, 0.15) is 10.6 Å². The second-order valence-corrected chi connectivity index (χ2v) is 6.44. The third-order valence-electron chi connectivity index (χ3n) is 2.54. The Labute approximate surface area is 118 Å². The quantitative estimate of drug-likeness (QED) is 0.695. The van der Waals surface area contributed by atoms with E-state index in [9.17, 15) is 13.2 Å². The average Bonchev–Trinajstić information content (AvgIpc) is 2.79. The van der Waals surface area contributed by atoms with Crippen molar-refractivity contribution in [3.8, 4) is 5.75 Å². The molecule has 3 aromatic rings. The lowest BCUT2D eigenvalue weighted by Crippen LogP contribution is -2.09. The molecular formula is C13H8O5S2. The molecule has 0 aliphatic carbocycles. The number of benzene rings is 2. The molecular weight excluding hydrogens is 300 g/mol. The molecule has 1 heterocycles. The van der Waals surface area contributed by atoms with Gasteiger partial charge in [0.15, 0.2) is 5.58 Å². The largest absolute Gasteiger partial charge is 0.414 e. The van der Waals surface area contributed by atoms with Gasteiger partial charge < -0.3 is 8.60 Å². The fourth-order valence-corrected chi connectivity index (χ4v) is 3.26. The topological polar surface area (TPSA) is 73.6 Å². The zero-order chi connectivity index (χ0) is 14.2. The molecule has 102 valence electrons. The van der Waals surface area contributed by atoms with Crippen LogP contribution in [0.3, 0.4) is 0 Å². The molecule has 0 unspecified atom stereocenters. The maximum Gasteiger partial charge on any atom is 0.396 e. The molecule has 0 saturated carbocycles. The van der Waals surface area contributed by atoms with Crippen LogP contribution in [-0.4, -0.2) is 8.42 Å². The van der Waals surface area contributed by atoms with E-state index in [1.165, 1.54) is 24.3 Å². The summed E-state index contributed by atoms with van der Waals surface area (Å²) >= 11 is 0.948. The van der Waals surface area contributed by atoms with Gasteiger partial charge in [-0.2, -0.15) is 8.42 Å². The van der Waals surface area contributed by atoms with Gasteiger partial charge >= 0.3 is 15.1 Å². The van der Waals surface area contributed by atoms with Crippen LogP contribution in [0.25, 0.3) is 10.3 Å². The summed E-state index contributed by atoms with van der Waals surface area (Å²) in [6.07, 6.45) is 0. The summed E-state index contributed by atoms with van der Waals surface area (Å²) in [7, 11) is -3.89. The summed E-state index contributed by atoms with van der Waals surface area (Å²) in [6.45, 7) is 0. The van der Waals surface area contributed by atoms with E-state index >= 15 is 0 Å². The number of rotatable bonds is 3. The fraction of sp³-hybridized carbons (Fsp3) is 0. The van der Waals surface area contributed by atoms with Gasteiger partial charge in [-0.25, -0.2) is 4.79 Å². The molecule has 0 aliphatic heterocycles. The van der Waals surface area contributed by atoms with Crippen molar-refractivity contribution in [2.75, 3.05) is 0 Å². The van der Waals surface area contributed by atoms with Gasteiger partial charge in [-0.05, 0) is 24.3 Å². The smallest absolute Gasteiger partial charge is 0.396 e. The third kappa shape index (κ3) is 2.45. The van der Waals surface area contributed by atoms with E-state index in [0.717, 1.165) is 11.3 Å². The Balaban J connectivity index is 1.98. The van der Waals surface area contributed by atoms with Gasteiger partial charge in [0.2, 0.25) is 0 Å². The highest BCUT2D eigenvalue weighted by atomic mass is 32.2. The maximum atomic E-state index is 12.0. The molecule has 0 radical (unpaired) electrons. The fourth-order valence-electron chi connectivity index (χ4n) is 1.67. The van der Waals surface area contributed by atoms with Crippen molar-refractivity contribution in [3.63, 3.8) is 0 Å². The minimum atomic E-state index is -3.89. The number of fused-ring (bicyclic) bond motifs is 1. The molecule has 0 N–H and O–H groups in total. The van der Waals surface area contributed by atoms with Crippen LogP contribution in [0, 0.1) is 0 Å². The van der Waals surface area contributed by atoms with Crippen LogP contribution in [0.15, 0.2) is 62.6 Å². The van der Waals surface area contributed by atoms with Crippen molar-refractivity contribution in [3.05, 3.63) is 58.3 Å². The van der Waals surface area contributed by atoms with E-state index in [2.05, 4.69) is 0 Å². The van der Waals surface area contributed by atoms with E-state index in [1.54, 1.807) is 24.3 Å². The summed E-state index contributed by atoms with van der Waals surface area (Å²) in [5.74, 6) is 0.0999. The molecule has 0 bridgehead atoms. The predicted octanol–water partition coefficient (Wildman–Crippen LogP) is 2.62. The van der Waals surface area contributed by atoms with E-state index < -0.39 is 15.1 Å². The zero-order valence-electron chi connectivity index (χ0n) is 9.98. The highest BCUT2D eigenvalue weighted by Gasteiger charge is 2.16. The Bertz CT molecular complexity index is 907. The van der Waals surface area contributed by atoms with Crippen molar-refractivity contribution in [1.29, 1.82) is 0 Å². The van der Waals surface area contributed by atoms with Crippen molar-refractivity contribution < 1.29 is 17.0 Å².